The van der Waals surface area contributed by atoms with Crippen LogP contribution in [0.3, 0.4) is 0 Å². The van der Waals surface area contributed by atoms with E-state index >= 15 is 0 Å². The Morgan fingerprint density at radius 2 is 1.53 bits per heavy atom. The topological polar surface area (TPSA) is 86.8 Å². The second kappa shape index (κ2) is 12.9. The summed E-state index contributed by atoms with van der Waals surface area (Å²) in [6.07, 6.45) is 0.736. The van der Waals surface area contributed by atoms with Crippen LogP contribution < -0.4 is 9.62 Å². The van der Waals surface area contributed by atoms with Crippen LogP contribution in [-0.4, -0.2) is 43.8 Å². The van der Waals surface area contributed by atoms with E-state index in [1.54, 1.807) is 73.7 Å². The Labute approximate surface area is 230 Å². The highest BCUT2D eigenvalue weighted by molar-refractivity contribution is 7.92. The van der Waals surface area contributed by atoms with Crippen molar-refractivity contribution in [3.63, 3.8) is 0 Å². The van der Waals surface area contributed by atoms with Gasteiger partial charge in [0.2, 0.25) is 11.8 Å². The van der Waals surface area contributed by atoms with Gasteiger partial charge in [0.05, 0.1) is 10.6 Å². The molecule has 38 heavy (non-hydrogen) atoms. The summed E-state index contributed by atoms with van der Waals surface area (Å²) < 4.78 is 28.5. The minimum atomic E-state index is -4.08. The molecule has 0 heterocycles. The van der Waals surface area contributed by atoms with Crippen molar-refractivity contribution in [1.82, 2.24) is 10.2 Å². The van der Waals surface area contributed by atoms with Crippen molar-refractivity contribution >= 4 is 39.1 Å². The van der Waals surface area contributed by atoms with Gasteiger partial charge in [0.1, 0.15) is 12.6 Å². The number of nitrogens with one attached hydrogen (secondary N) is 1. The number of anilines is 1. The predicted octanol–water partition coefficient (Wildman–Crippen LogP) is 5.18. The number of rotatable bonds is 11. The number of benzene rings is 3. The summed E-state index contributed by atoms with van der Waals surface area (Å²) in [6, 6.07) is 21.0. The van der Waals surface area contributed by atoms with Crippen LogP contribution in [0.15, 0.2) is 83.8 Å². The van der Waals surface area contributed by atoms with Gasteiger partial charge in [0, 0.05) is 17.6 Å². The SMILES string of the molecule is CC[C@@H](C)NC(=O)[C@H](C)N(Cc1ccc(Cl)cc1)C(=O)CN(c1ccc(C)cc1)S(=O)(=O)c1ccccc1. The van der Waals surface area contributed by atoms with E-state index in [2.05, 4.69) is 5.32 Å². The fraction of sp³-hybridized carbons (Fsp3) is 0.310. The van der Waals surface area contributed by atoms with Crippen LogP contribution >= 0.6 is 11.6 Å². The van der Waals surface area contributed by atoms with Crippen LogP contribution in [0.25, 0.3) is 0 Å². The van der Waals surface area contributed by atoms with Crippen molar-refractivity contribution in [3.8, 4) is 0 Å². The Morgan fingerprint density at radius 3 is 2.11 bits per heavy atom. The number of hydrogen-bond donors (Lipinski definition) is 1. The highest BCUT2D eigenvalue weighted by atomic mass is 35.5. The van der Waals surface area contributed by atoms with Gasteiger partial charge in [0.25, 0.3) is 10.0 Å². The first-order valence-corrected chi connectivity index (χ1v) is 14.3. The molecule has 0 aliphatic rings. The Bertz CT molecular complexity index is 1330. The fourth-order valence-corrected chi connectivity index (χ4v) is 5.36. The summed E-state index contributed by atoms with van der Waals surface area (Å²) >= 11 is 6.04. The zero-order valence-corrected chi connectivity index (χ0v) is 23.7. The van der Waals surface area contributed by atoms with Crippen LogP contribution in [0.5, 0.6) is 0 Å². The Balaban J connectivity index is 2.00. The third-order valence-corrected chi connectivity index (χ3v) is 8.41. The largest absolute Gasteiger partial charge is 0.352 e. The maximum Gasteiger partial charge on any atom is 0.264 e. The third kappa shape index (κ3) is 7.36. The lowest BCUT2D eigenvalue weighted by Gasteiger charge is -2.32. The molecule has 0 bridgehead atoms. The number of aryl methyl sites for hydroxylation is 1. The fourth-order valence-electron chi connectivity index (χ4n) is 3.79. The van der Waals surface area contributed by atoms with E-state index in [4.69, 9.17) is 11.6 Å². The molecule has 2 amide bonds. The first kappa shape index (κ1) is 29.2. The van der Waals surface area contributed by atoms with Crippen molar-refractivity contribution < 1.29 is 18.0 Å². The van der Waals surface area contributed by atoms with E-state index in [0.29, 0.717) is 10.7 Å². The van der Waals surface area contributed by atoms with Crippen LogP contribution in [0.1, 0.15) is 38.3 Å². The normalized spacial score (nSPS) is 12.9. The zero-order valence-electron chi connectivity index (χ0n) is 22.1. The molecule has 3 rings (SSSR count). The molecule has 2 atom stereocenters. The molecule has 202 valence electrons. The second-order valence-electron chi connectivity index (χ2n) is 9.30. The highest BCUT2D eigenvalue weighted by Crippen LogP contribution is 2.25. The number of halogens is 1. The Morgan fingerprint density at radius 1 is 0.921 bits per heavy atom. The number of carbonyl (C=O) groups excluding carboxylic acids is 2. The van der Waals surface area contributed by atoms with Crippen LogP contribution in [0.2, 0.25) is 5.02 Å². The van der Waals surface area contributed by atoms with Gasteiger partial charge in [0.15, 0.2) is 0 Å². The smallest absolute Gasteiger partial charge is 0.264 e. The molecule has 7 nitrogen and oxygen atoms in total. The van der Waals surface area contributed by atoms with E-state index in [1.807, 2.05) is 20.8 Å². The second-order valence-corrected chi connectivity index (χ2v) is 11.6. The zero-order chi connectivity index (χ0) is 27.9. The standard InChI is InChI=1S/C29H34ClN3O4S/c1-5-22(3)31-29(35)23(4)32(19-24-13-15-25(30)16-14-24)28(34)20-33(26-17-11-21(2)12-18-26)38(36,37)27-9-7-6-8-10-27/h6-18,22-23H,5,19-20H2,1-4H3,(H,31,35)/t22-,23+/m1/s1. The number of amides is 2. The molecule has 3 aromatic rings. The molecular weight excluding hydrogens is 522 g/mol. The molecule has 0 unspecified atom stereocenters. The Hall–Kier alpha value is -3.36. The monoisotopic (exact) mass is 555 g/mol. The van der Waals surface area contributed by atoms with Crippen molar-refractivity contribution in [2.75, 3.05) is 10.8 Å². The predicted molar refractivity (Wildman–Crippen MR) is 152 cm³/mol. The number of sulfonamides is 1. The maximum atomic E-state index is 13.9. The number of carbonyl (C=O) groups is 2. The van der Waals surface area contributed by atoms with E-state index in [1.165, 1.54) is 17.0 Å². The summed E-state index contributed by atoms with van der Waals surface area (Å²) in [4.78, 5) is 28.4. The summed E-state index contributed by atoms with van der Waals surface area (Å²) in [6.45, 7) is 7.03. The molecule has 0 radical (unpaired) electrons. The molecule has 0 aliphatic heterocycles. The molecule has 0 aromatic heterocycles. The van der Waals surface area contributed by atoms with Gasteiger partial charge in [-0.2, -0.15) is 0 Å². The minimum Gasteiger partial charge on any atom is -0.352 e. The van der Waals surface area contributed by atoms with Gasteiger partial charge in [-0.05, 0) is 69.2 Å². The molecule has 0 fully saturated rings. The van der Waals surface area contributed by atoms with Crippen molar-refractivity contribution in [2.45, 2.75) is 57.6 Å². The first-order valence-electron chi connectivity index (χ1n) is 12.5. The van der Waals surface area contributed by atoms with Crippen LogP contribution in [-0.2, 0) is 26.2 Å². The van der Waals surface area contributed by atoms with Crippen molar-refractivity contribution in [1.29, 1.82) is 0 Å². The van der Waals surface area contributed by atoms with Crippen molar-refractivity contribution in [3.05, 3.63) is 95.0 Å². The highest BCUT2D eigenvalue weighted by Gasteiger charge is 2.32. The van der Waals surface area contributed by atoms with E-state index in [9.17, 15) is 18.0 Å². The van der Waals surface area contributed by atoms with Crippen LogP contribution in [0, 0.1) is 6.92 Å². The molecular formula is C29H34ClN3O4S. The van der Waals surface area contributed by atoms with Gasteiger partial charge >= 0.3 is 0 Å². The van der Waals surface area contributed by atoms with Gasteiger partial charge in [-0.3, -0.25) is 13.9 Å². The third-order valence-electron chi connectivity index (χ3n) is 6.37. The lowest BCUT2D eigenvalue weighted by molar-refractivity contribution is -0.139. The van der Waals surface area contributed by atoms with Gasteiger partial charge < -0.3 is 10.2 Å². The summed E-state index contributed by atoms with van der Waals surface area (Å²) in [5.41, 5.74) is 2.08. The van der Waals surface area contributed by atoms with E-state index in [-0.39, 0.29) is 23.4 Å². The summed E-state index contributed by atoms with van der Waals surface area (Å²) in [7, 11) is -4.08. The minimum absolute atomic E-state index is 0.0695. The van der Waals surface area contributed by atoms with Gasteiger partial charge in [-0.15, -0.1) is 0 Å². The van der Waals surface area contributed by atoms with E-state index < -0.39 is 28.5 Å². The number of hydrogen-bond acceptors (Lipinski definition) is 4. The molecule has 9 heteroatoms. The molecule has 3 aromatic carbocycles. The summed E-state index contributed by atoms with van der Waals surface area (Å²) in [5.74, 6) is -0.818. The maximum absolute atomic E-state index is 13.9. The molecule has 1 N–H and O–H groups in total. The lowest BCUT2D eigenvalue weighted by atomic mass is 10.1. The molecule has 0 saturated heterocycles. The van der Waals surface area contributed by atoms with Crippen molar-refractivity contribution in [2.24, 2.45) is 0 Å². The van der Waals surface area contributed by atoms with Crippen LogP contribution in [0.4, 0.5) is 5.69 Å². The molecule has 0 saturated carbocycles. The van der Waals surface area contributed by atoms with Gasteiger partial charge in [-0.25, -0.2) is 8.42 Å². The van der Waals surface area contributed by atoms with E-state index in [0.717, 1.165) is 21.9 Å². The Kier molecular flexibility index (Phi) is 9.94. The lowest BCUT2D eigenvalue weighted by Crippen LogP contribution is -2.52. The first-order chi connectivity index (χ1) is 18.0. The van der Waals surface area contributed by atoms with Gasteiger partial charge in [-0.1, -0.05) is 66.6 Å². The molecule has 0 spiro atoms. The number of nitrogens with zero attached hydrogens (tertiary/aromatic N) is 2. The average Bonchev–Trinajstić information content (AvgIpc) is 2.91. The average molecular weight is 556 g/mol. The summed E-state index contributed by atoms with van der Waals surface area (Å²) in [5, 5.41) is 3.47. The molecule has 0 aliphatic carbocycles. The quantitative estimate of drug-likeness (QED) is 0.353.